The van der Waals surface area contributed by atoms with Crippen molar-refractivity contribution in [3.05, 3.63) is 95.3 Å². The third-order valence-corrected chi connectivity index (χ3v) is 4.16. The number of carboxylic acids is 1. The fourth-order valence-corrected chi connectivity index (χ4v) is 2.75. The number of aromatic nitrogens is 1. The Bertz CT molecular complexity index is 845. The number of para-hydroxylation sites is 1. The molecule has 0 fully saturated rings. The molecule has 2 aromatic carbocycles. The summed E-state index contributed by atoms with van der Waals surface area (Å²) in [5, 5.41) is 8.91. The van der Waals surface area contributed by atoms with Gasteiger partial charge in [-0.05, 0) is 48.6 Å². The van der Waals surface area contributed by atoms with Crippen molar-refractivity contribution >= 4 is 5.97 Å². The van der Waals surface area contributed by atoms with Crippen molar-refractivity contribution in [1.82, 2.24) is 4.98 Å². The number of aromatic carboxylic acids is 1. The summed E-state index contributed by atoms with van der Waals surface area (Å²) in [6.45, 7) is 0.552. The Morgan fingerprint density at radius 3 is 2.42 bits per heavy atom. The van der Waals surface area contributed by atoms with Crippen LogP contribution >= 0.6 is 0 Å². The van der Waals surface area contributed by atoms with Crippen molar-refractivity contribution in [1.29, 1.82) is 0 Å². The van der Waals surface area contributed by atoms with E-state index >= 15 is 0 Å². The quantitative estimate of drug-likeness (QED) is 0.650. The monoisotopic (exact) mass is 347 g/mol. The molecule has 0 radical (unpaired) electrons. The normalized spacial score (nSPS) is 10.5. The number of rotatable bonds is 8. The summed E-state index contributed by atoms with van der Waals surface area (Å²) in [6, 6.07) is 21.6. The second-order valence-corrected chi connectivity index (χ2v) is 6.08. The number of nitrogens with zero attached hydrogens (tertiary/aromatic N) is 1. The Balaban J connectivity index is 1.55. The van der Waals surface area contributed by atoms with Gasteiger partial charge in [-0.15, -0.1) is 0 Å². The summed E-state index contributed by atoms with van der Waals surface area (Å²) >= 11 is 0. The van der Waals surface area contributed by atoms with Crippen LogP contribution in [0.25, 0.3) is 0 Å². The molecular formula is C22H21NO3. The second-order valence-electron chi connectivity index (χ2n) is 6.08. The molecule has 1 heterocycles. The van der Waals surface area contributed by atoms with Gasteiger partial charge in [0.2, 0.25) is 0 Å². The standard InChI is InChI=1S/C22H21NO3/c24-22(25)19-13-14-20(23-15-19)11-6-10-18-9-4-5-12-21(18)26-16-17-7-2-1-3-8-17/h1-5,7-9,12-15H,6,10-11,16H2,(H,24,25). The van der Waals surface area contributed by atoms with E-state index in [9.17, 15) is 4.79 Å². The Labute approximate surface area is 153 Å². The minimum absolute atomic E-state index is 0.216. The van der Waals surface area contributed by atoms with Crippen LogP contribution in [0, 0.1) is 0 Å². The molecule has 0 aliphatic rings. The highest BCUT2D eigenvalue weighted by molar-refractivity contribution is 5.87. The van der Waals surface area contributed by atoms with Crippen LogP contribution < -0.4 is 4.74 Å². The Morgan fingerprint density at radius 2 is 1.69 bits per heavy atom. The van der Waals surface area contributed by atoms with Crippen molar-refractivity contribution in [3.8, 4) is 5.75 Å². The summed E-state index contributed by atoms with van der Waals surface area (Å²) < 4.78 is 5.99. The van der Waals surface area contributed by atoms with Crippen molar-refractivity contribution in [2.24, 2.45) is 0 Å². The molecule has 3 aromatic rings. The highest BCUT2D eigenvalue weighted by Gasteiger charge is 2.06. The molecule has 0 aliphatic carbocycles. The van der Waals surface area contributed by atoms with E-state index in [4.69, 9.17) is 9.84 Å². The van der Waals surface area contributed by atoms with Gasteiger partial charge in [-0.25, -0.2) is 4.79 Å². The number of pyridine rings is 1. The largest absolute Gasteiger partial charge is 0.489 e. The molecule has 26 heavy (non-hydrogen) atoms. The van der Waals surface area contributed by atoms with Crippen LogP contribution in [0.1, 0.15) is 33.6 Å². The third kappa shape index (κ3) is 4.93. The van der Waals surface area contributed by atoms with Gasteiger partial charge in [-0.1, -0.05) is 48.5 Å². The van der Waals surface area contributed by atoms with Gasteiger partial charge in [-0.3, -0.25) is 4.98 Å². The molecule has 4 nitrogen and oxygen atoms in total. The van der Waals surface area contributed by atoms with Gasteiger partial charge < -0.3 is 9.84 Å². The number of ether oxygens (including phenoxy) is 1. The molecular weight excluding hydrogens is 326 g/mol. The SMILES string of the molecule is O=C(O)c1ccc(CCCc2ccccc2OCc2ccccc2)nc1. The number of carbonyl (C=O) groups is 1. The molecule has 0 saturated heterocycles. The molecule has 3 rings (SSSR count). The first kappa shape index (κ1) is 17.7. The van der Waals surface area contributed by atoms with E-state index in [2.05, 4.69) is 23.2 Å². The van der Waals surface area contributed by atoms with Crippen LogP contribution in [0.3, 0.4) is 0 Å². The van der Waals surface area contributed by atoms with Crippen LogP contribution in [0.5, 0.6) is 5.75 Å². The van der Waals surface area contributed by atoms with Crippen molar-refractivity contribution in [2.45, 2.75) is 25.9 Å². The molecule has 0 spiro atoms. The van der Waals surface area contributed by atoms with E-state index in [1.165, 1.54) is 11.8 Å². The maximum atomic E-state index is 10.9. The first-order valence-corrected chi connectivity index (χ1v) is 8.65. The van der Waals surface area contributed by atoms with Gasteiger partial charge >= 0.3 is 5.97 Å². The maximum absolute atomic E-state index is 10.9. The van der Waals surface area contributed by atoms with E-state index in [0.29, 0.717) is 6.61 Å². The minimum atomic E-state index is -0.950. The zero-order valence-electron chi connectivity index (χ0n) is 14.5. The highest BCUT2D eigenvalue weighted by atomic mass is 16.5. The van der Waals surface area contributed by atoms with E-state index in [0.717, 1.165) is 36.3 Å². The summed E-state index contributed by atoms with van der Waals surface area (Å²) in [7, 11) is 0. The topological polar surface area (TPSA) is 59.4 Å². The van der Waals surface area contributed by atoms with Crippen molar-refractivity contribution in [2.75, 3.05) is 0 Å². The number of hydrogen-bond donors (Lipinski definition) is 1. The summed E-state index contributed by atoms with van der Waals surface area (Å²) in [6.07, 6.45) is 4.01. The van der Waals surface area contributed by atoms with Gasteiger partial charge in [0.1, 0.15) is 12.4 Å². The van der Waals surface area contributed by atoms with Crippen LogP contribution in [-0.4, -0.2) is 16.1 Å². The van der Waals surface area contributed by atoms with Gasteiger partial charge in [0, 0.05) is 11.9 Å². The van der Waals surface area contributed by atoms with Crippen LogP contribution in [-0.2, 0) is 19.4 Å². The molecule has 1 aromatic heterocycles. The molecule has 0 aliphatic heterocycles. The Kier molecular flexibility index (Phi) is 5.99. The van der Waals surface area contributed by atoms with E-state index in [-0.39, 0.29) is 5.56 Å². The molecule has 0 bridgehead atoms. The lowest BCUT2D eigenvalue weighted by Crippen LogP contribution is -2.01. The fourth-order valence-electron chi connectivity index (χ4n) is 2.75. The predicted molar refractivity (Wildman–Crippen MR) is 100 cm³/mol. The zero-order valence-corrected chi connectivity index (χ0v) is 14.5. The van der Waals surface area contributed by atoms with Gasteiger partial charge in [0.25, 0.3) is 0 Å². The van der Waals surface area contributed by atoms with Crippen molar-refractivity contribution in [3.63, 3.8) is 0 Å². The lowest BCUT2D eigenvalue weighted by atomic mass is 10.1. The fraction of sp³-hybridized carbons (Fsp3) is 0.182. The number of benzene rings is 2. The first-order valence-electron chi connectivity index (χ1n) is 8.65. The van der Waals surface area contributed by atoms with E-state index in [1.54, 1.807) is 12.1 Å². The molecule has 0 saturated carbocycles. The Hall–Kier alpha value is -3.14. The average Bonchev–Trinajstić information content (AvgIpc) is 2.68. The van der Waals surface area contributed by atoms with Crippen molar-refractivity contribution < 1.29 is 14.6 Å². The van der Waals surface area contributed by atoms with E-state index < -0.39 is 5.97 Å². The predicted octanol–water partition coefficient (Wildman–Crippen LogP) is 4.53. The lowest BCUT2D eigenvalue weighted by Gasteiger charge is -2.11. The molecule has 0 atom stereocenters. The van der Waals surface area contributed by atoms with Crippen LogP contribution in [0.2, 0.25) is 0 Å². The number of carboxylic acid groups (broad SMARTS) is 1. The van der Waals surface area contributed by atoms with Gasteiger partial charge in [0.05, 0.1) is 5.56 Å². The lowest BCUT2D eigenvalue weighted by molar-refractivity contribution is 0.0696. The summed E-state index contributed by atoms with van der Waals surface area (Å²) in [5.74, 6) is -0.0425. The molecule has 0 amide bonds. The van der Waals surface area contributed by atoms with Gasteiger partial charge in [0.15, 0.2) is 0 Å². The summed E-state index contributed by atoms with van der Waals surface area (Å²) in [4.78, 5) is 15.1. The smallest absolute Gasteiger partial charge is 0.337 e. The van der Waals surface area contributed by atoms with Gasteiger partial charge in [-0.2, -0.15) is 0 Å². The maximum Gasteiger partial charge on any atom is 0.337 e. The average molecular weight is 347 g/mol. The third-order valence-electron chi connectivity index (χ3n) is 4.16. The molecule has 132 valence electrons. The molecule has 4 heteroatoms. The summed E-state index contributed by atoms with van der Waals surface area (Å²) in [5.41, 5.74) is 3.43. The highest BCUT2D eigenvalue weighted by Crippen LogP contribution is 2.21. The Morgan fingerprint density at radius 1 is 0.923 bits per heavy atom. The van der Waals surface area contributed by atoms with E-state index in [1.807, 2.05) is 36.4 Å². The number of hydrogen-bond acceptors (Lipinski definition) is 3. The molecule has 0 unspecified atom stereocenters. The second kappa shape index (κ2) is 8.81. The first-order chi connectivity index (χ1) is 12.7. The minimum Gasteiger partial charge on any atom is -0.489 e. The number of aryl methyl sites for hydroxylation is 2. The molecule has 1 N–H and O–H groups in total. The van der Waals surface area contributed by atoms with Crippen LogP contribution in [0.15, 0.2) is 72.9 Å². The van der Waals surface area contributed by atoms with Crippen LogP contribution in [0.4, 0.5) is 0 Å². The zero-order chi connectivity index (χ0) is 18.2.